The molecule has 2 aromatic rings. The molecule has 1 fully saturated rings. The van der Waals surface area contributed by atoms with Crippen molar-refractivity contribution < 1.29 is 24.4 Å². The van der Waals surface area contributed by atoms with Gasteiger partial charge in [-0.2, -0.15) is 0 Å². The van der Waals surface area contributed by atoms with E-state index in [0.717, 1.165) is 0 Å². The van der Waals surface area contributed by atoms with E-state index in [4.69, 9.17) is 9.84 Å². The second-order valence-corrected chi connectivity index (χ2v) is 6.46. The van der Waals surface area contributed by atoms with E-state index >= 15 is 0 Å². The van der Waals surface area contributed by atoms with Gasteiger partial charge in [0.2, 0.25) is 0 Å². The van der Waals surface area contributed by atoms with Crippen LogP contribution < -0.4 is 5.32 Å². The molecule has 0 saturated carbocycles. The van der Waals surface area contributed by atoms with Crippen molar-refractivity contribution in [2.45, 2.75) is 19.1 Å². The van der Waals surface area contributed by atoms with Crippen molar-refractivity contribution in [2.24, 2.45) is 0 Å². The van der Waals surface area contributed by atoms with Gasteiger partial charge in [-0.1, -0.05) is 18.2 Å². The van der Waals surface area contributed by atoms with Gasteiger partial charge < -0.3 is 20.1 Å². The van der Waals surface area contributed by atoms with Crippen LogP contribution in [0.2, 0.25) is 0 Å². The number of para-hydroxylation sites is 1. The predicted octanol–water partition coefficient (Wildman–Crippen LogP) is 2.65. The first-order chi connectivity index (χ1) is 13.3. The maximum Gasteiger partial charge on any atom is 0.334 e. The Labute approximate surface area is 160 Å². The molecule has 2 atom stereocenters. The van der Waals surface area contributed by atoms with E-state index in [9.17, 15) is 19.7 Å². The molecule has 1 heterocycles. The summed E-state index contributed by atoms with van der Waals surface area (Å²) in [6, 6.07) is 13.1. The quantitative estimate of drug-likeness (QED) is 0.599. The van der Waals surface area contributed by atoms with Crippen LogP contribution in [-0.4, -0.2) is 52.1 Å². The molecular formula is C19H19N3O6. The van der Waals surface area contributed by atoms with Crippen molar-refractivity contribution in [3.63, 3.8) is 0 Å². The Morgan fingerprint density at radius 2 is 1.93 bits per heavy atom. The summed E-state index contributed by atoms with van der Waals surface area (Å²) in [6.45, 7) is 1.77. The van der Waals surface area contributed by atoms with Gasteiger partial charge in [0.05, 0.1) is 17.6 Å². The predicted molar refractivity (Wildman–Crippen MR) is 101 cm³/mol. The fourth-order valence-electron chi connectivity index (χ4n) is 3.03. The Hall–Kier alpha value is -3.46. The summed E-state index contributed by atoms with van der Waals surface area (Å²) in [5.74, 6) is -1.63. The third-order valence-electron chi connectivity index (χ3n) is 4.32. The molecule has 3 rings (SSSR count). The number of rotatable bonds is 5. The molecule has 1 unspecified atom stereocenters. The number of carboxylic acid groups (broad SMARTS) is 1. The van der Waals surface area contributed by atoms with Crippen LogP contribution >= 0.6 is 0 Å². The van der Waals surface area contributed by atoms with E-state index in [2.05, 4.69) is 5.32 Å². The minimum atomic E-state index is -1.15. The van der Waals surface area contributed by atoms with E-state index in [-0.39, 0.29) is 30.0 Å². The highest BCUT2D eigenvalue weighted by atomic mass is 16.6. The zero-order valence-electron chi connectivity index (χ0n) is 15.1. The Morgan fingerprint density at radius 3 is 2.57 bits per heavy atom. The van der Waals surface area contributed by atoms with E-state index in [1.807, 2.05) is 6.07 Å². The van der Waals surface area contributed by atoms with Gasteiger partial charge in [0.1, 0.15) is 5.69 Å². The van der Waals surface area contributed by atoms with Crippen molar-refractivity contribution in [1.82, 2.24) is 4.90 Å². The van der Waals surface area contributed by atoms with Crippen LogP contribution in [0.4, 0.5) is 17.1 Å². The third kappa shape index (κ3) is 4.26. The lowest BCUT2D eigenvalue weighted by molar-refractivity contribution is -0.383. The minimum absolute atomic E-state index is 0.114. The van der Waals surface area contributed by atoms with Gasteiger partial charge in [-0.25, -0.2) is 4.79 Å². The largest absolute Gasteiger partial charge is 0.479 e. The molecule has 28 heavy (non-hydrogen) atoms. The molecule has 1 aliphatic heterocycles. The molecule has 0 bridgehead atoms. The van der Waals surface area contributed by atoms with Gasteiger partial charge >= 0.3 is 5.97 Å². The fraction of sp³-hybridized carbons (Fsp3) is 0.263. The number of amides is 1. The highest BCUT2D eigenvalue weighted by molar-refractivity contribution is 5.96. The standard InChI is InChI=1S/C19H19N3O6/c1-12-10-21(11-17(28-12)19(24)25)18(23)13-7-8-15(16(9-13)22(26)27)20-14-5-3-2-4-6-14/h2-9,12,17,20H,10-11H2,1H3,(H,24,25)/t12-,17?/m1/s1. The molecule has 1 aliphatic rings. The Morgan fingerprint density at radius 1 is 1.21 bits per heavy atom. The maximum absolute atomic E-state index is 12.8. The number of carbonyl (C=O) groups is 2. The van der Waals surface area contributed by atoms with Crippen LogP contribution in [0.5, 0.6) is 0 Å². The molecule has 2 N–H and O–H groups in total. The number of carboxylic acids is 1. The molecular weight excluding hydrogens is 366 g/mol. The minimum Gasteiger partial charge on any atom is -0.479 e. The summed E-state index contributed by atoms with van der Waals surface area (Å²) < 4.78 is 5.30. The van der Waals surface area contributed by atoms with Crippen LogP contribution in [0.15, 0.2) is 48.5 Å². The average Bonchev–Trinajstić information content (AvgIpc) is 2.67. The lowest BCUT2D eigenvalue weighted by Gasteiger charge is -2.35. The number of morpholine rings is 1. The smallest absolute Gasteiger partial charge is 0.334 e. The number of hydrogen-bond donors (Lipinski definition) is 2. The van der Waals surface area contributed by atoms with E-state index < -0.39 is 29.0 Å². The summed E-state index contributed by atoms with van der Waals surface area (Å²) in [5.41, 5.74) is 0.803. The van der Waals surface area contributed by atoms with Gasteiger partial charge in [0.25, 0.3) is 11.6 Å². The molecule has 1 amide bonds. The zero-order chi connectivity index (χ0) is 20.3. The number of aliphatic carboxylic acids is 1. The molecule has 0 radical (unpaired) electrons. The fourth-order valence-corrected chi connectivity index (χ4v) is 3.03. The number of benzene rings is 2. The molecule has 9 nitrogen and oxygen atoms in total. The first-order valence-corrected chi connectivity index (χ1v) is 8.63. The van der Waals surface area contributed by atoms with Crippen LogP contribution in [0.25, 0.3) is 0 Å². The molecule has 0 aromatic heterocycles. The van der Waals surface area contributed by atoms with Crippen molar-refractivity contribution in [2.75, 3.05) is 18.4 Å². The van der Waals surface area contributed by atoms with Crippen LogP contribution in [0, 0.1) is 10.1 Å². The number of nitrogens with one attached hydrogen (secondary N) is 1. The van der Waals surface area contributed by atoms with Crippen molar-refractivity contribution in [3.05, 3.63) is 64.2 Å². The van der Waals surface area contributed by atoms with Gasteiger partial charge in [-0.15, -0.1) is 0 Å². The third-order valence-corrected chi connectivity index (χ3v) is 4.32. The lowest BCUT2D eigenvalue weighted by Crippen LogP contribution is -2.51. The van der Waals surface area contributed by atoms with Gasteiger partial charge in [0.15, 0.2) is 6.10 Å². The van der Waals surface area contributed by atoms with E-state index in [0.29, 0.717) is 5.69 Å². The maximum atomic E-state index is 12.8. The highest BCUT2D eigenvalue weighted by Gasteiger charge is 2.33. The van der Waals surface area contributed by atoms with E-state index in [1.165, 1.54) is 23.1 Å². The number of hydrogen-bond acceptors (Lipinski definition) is 6. The summed E-state index contributed by atoms with van der Waals surface area (Å²) in [7, 11) is 0. The Bertz CT molecular complexity index is 902. The first-order valence-electron chi connectivity index (χ1n) is 8.63. The number of nitro benzene ring substituents is 1. The topological polar surface area (TPSA) is 122 Å². The average molecular weight is 385 g/mol. The molecule has 9 heteroatoms. The number of anilines is 2. The second kappa shape index (κ2) is 8.05. The van der Waals surface area contributed by atoms with Crippen LogP contribution in [-0.2, 0) is 9.53 Å². The van der Waals surface area contributed by atoms with Gasteiger partial charge in [-0.05, 0) is 31.2 Å². The summed E-state index contributed by atoms with van der Waals surface area (Å²) in [6.07, 6.45) is -1.57. The molecule has 2 aromatic carbocycles. The van der Waals surface area contributed by atoms with Crippen LogP contribution in [0.3, 0.4) is 0 Å². The highest BCUT2D eigenvalue weighted by Crippen LogP contribution is 2.29. The summed E-state index contributed by atoms with van der Waals surface area (Å²) in [5, 5.41) is 23.6. The Balaban J connectivity index is 1.86. The van der Waals surface area contributed by atoms with Gasteiger partial charge in [-0.3, -0.25) is 14.9 Å². The van der Waals surface area contributed by atoms with Gasteiger partial charge in [0, 0.05) is 23.9 Å². The number of nitrogens with zero attached hydrogens (tertiary/aromatic N) is 2. The first kappa shape index (κ1) is 19.3. The summed E-state index contributed by atoms with van der Waals surface area (Å²) >= 11 is 0. The summed E-state index contributed by atoms with van der Waals surface area (Å²) in [4.78, 5) is 36.3. The van der Waals surface area contributed by atoms with Crippen molar-refractivity contribution >= 4 is 28.9 Å². The zero-order valence-corrected chi connectivity index (χ0v) is 15.1. The van der Waals surface area contributed by atoms with Crippen LogP contribution in [0.1, 0.15) is 17.3 Å². The lowest BCUT2D eigenvalue weighted by atomic mass is 10.1. The monoisotopic (exact) mass is 385 g/mol. The normalized spacial score (nSPS) is 19.1. The SMILES string of the molecule is C[C@@H]1CN(C(=O)c2ccc(Nc3ccccc3)c([N+](=O)[O-])c2)CC(C(=O)O)O1. The Kier molecular flexibility index (Phi) is 5.55. The number of ether oxygens (including phenoxy) is 1. The molecule has 0 aliphatic carbocycles. The number of carbonyl (C=O) groups excluding carboxylic acids is 1. The van der Waals surface area contributed by atoms with Crippen molar-refractivity contribution in [3.8, 4) is 0 Å². The molecule has 0 spiro atoms. The molecule has 1 saturated heterocycles. The second-order valence-electron chi connectivity index (χ2n) is 6.46. The van der Waals surface area contributed by atoms with E-state index in [1.54, 1.807) is 31.2 Å². The van der Waals surface area contributed by atoms with Crippen molar-refractivity contribution in [1.29, 1.82) is 0 Å². The number of nitro groups is 1. The molecule has 146 valence electrons.